The number of nitrogens with two attached hydrogens (primary N) is 1. The van der Waals surface area contributed by atoms with Crippen molar-refractivity contribution >= 4 is 15.7 Å². The topological polar surface area (TPSA) is 63.4 Å². The molecule has 4 nitrogen and oxygen atoms in total. The zero-order valence-electron chi connectivity index (χ0n) is 11.1. The van der Waals surface area contributed by atoms with Crippen LogP contribution < -0.4 is 5.73 Å². The van der Waals surface area contributed by atoms with Gasteiger partial charge in [-0.2, -0.15) is 4.31 Å². The number of hydrogen-bond donors (Lipinski definition) is 1. The smallest absolute Gasteiger partial charge is 0.243 e. The Hall–Kier alpha value is -1.07. The van der Waals surface area contributed by atoms with Gasteiger partial charge in [-0.1, -0.05) is 13.8 Å². The number of benzene rings is 1. The first-order valence-electron chi connectivity index (χ1n) is 6.09. The van der Waals surface area contributed by atoms with Gasteiger partial charge in [-0.25, -0.2) is 8.42 Å². The zero-order valence-corrected chi connectivity index (χ0v) is 11.9. The zero-order chi connectivity index (χ0) is 13.6. The fraction of sp³-hybridized carbons (Fsp3) is 0.538. The van der Waals surface area contributed by atoms with Crippen LogP contribution in [-0.4, -0.2) is 25.8 Å². The number of sulfonamides is 1. The molecule has 2 N–H and O–H groups in total. The Balaban J connectivity index is 2.34. The molecule has 1 heterocycles. The van der Waals surface area contributed by atoms with Gasteiger partial charge in [-0.05, 0) is 42.5 Å². The lowest BCUT2D eigenvalue weighted by Crippen LogP contribution is -2.30. The molecule has 0 aromatic heterocycles. The summed E-state index contributed by atoms with van der Waals surface area (Å²) in [4.78, 5) is 0.340. The van der Waals surface area contributed by atoms with Crippen LogP contribution in [-0.2, 0) is 10.0 Å². The van der Waals surface area contributed by atoms with Gasteiger partial charge in [-0.3, -0.25) is 0 Å². The minimum absolute atomic E-state index is 0.0654. The predicted molar refractivity (Wildman–Crippen MR) is 72.7 cm³/mol. The molecule has 1 aliphatic heterocycles. The van der Waals surface area contributed by atoms with Crippen LogP contribution in [0.15, 0.2) is 23.1 Å². The number of nitrogens with zero attached hydrogens (tertiary/aromatic N) is 1. The van der Waals surface area contributed by atoms with Gasteiger partial charge in [0.05, 0.1) is 4.90 Å². The molecular formula is C13H20N2O2S. The average molecular weight is 268 g/mol. The first kappa shape index (κ1) is 13.4. The van der Waals surface area contributed by atoms with E-state index >= 15 is 0 Å². The summed E-state index contributed by atoms with van der Waals surface area (Å²) in [6.07, 6.45) is 0.903. The maximum atomic E-state index is 12.5. The summed E-state index contributed by atoms with van der Waals surface area (Å²) in [7, 11) is -3.37. The largest absolute Gasteiger partial charge is 0.399 e. The van der Waals surface area contributed by atoms with Gasteiger partial charge in [0.2, 0.25) is 10.0 Å². The Kier molecular flexibility index (Phi) is 3.15. The van der Waals surface area contributed by atoms with E-state index in [2.05, 4.69) is 13.8 Å². The number of aryl methyl sites for hydroxylation is 1. The second kappa shape index (κ2) is 4.24. The Labute approximate surface area is 109 Å². The van der Waals surface area contributed by atoms with Gasteiger partial charge < -0.3 is 5.73 Å². The third-order valence-electron chi connectivity index (χ3n) is 3.52. The van der Waals surface area contributed by atoms with Crippen molar-refractivity contribution in [1.29, 1.82) is 0 Å². The van der Waals surface area contributed by atoms with E-state index < -0.39 is 10.0 Å². The number of hydrogen-bond acceptors (Lipinski definition) is 3. The highest BCUT2D eigenvalue weighted by Gasteiger charge is 2.36. The minimum Gasteiger partial charge on any atom is -0.399 e. The molecule has 0 bridgehead atoms. The first-order valence-corrected chi connectivity index (χ1v) is 7.53. The maximum Gasteiger partial charge on any atom is 0.243 e. The summed E-state index contributed by atoms with van der Waals surface area (Å²) in [5.74, 6) is 0. The van der Waals surface area contributed by atoms with E-state index in [1.54, 1.807) is 22.5 Å². The molecule has 1 aromatic rings. The summed E-state index contributed by atoms with van der Waals surface area (Å²) >= 11 is 0. The lowest BCUT2D eigenvalue weighted by Gasteiger charge is -2.20. The van der Waals surface area contributed by atoms with Crippen molar-refractivity contribution in [3.05, 3.63) is 23.8 Å². The molecule has 0 unspecified atom stereocenters. The molecule has 100 valence electrons. The van der Waals surface area contributed by atoms with Crippen molar-refractivity contribution in [2.75, 3.05) is 18.8 Å². The number of anilines is 1. The normalized spacial score (nSPS) is 20.2. The van der Waals surface area contributed by atoms with Crippen molar-refractivity contribution in [1.82, 2.24) is 4.31 Å². The quantitative estimate of drug-likeness (QED) is 0.834. The van der Waals surface area contributed by atoms with Gasteiger partial charge in [-0.15, -0.1) is 0 Å². The molecule has 18 heavy (non-hydrogen) atoms. The third-order valence-corrected chi connectivity index (χ3v) is 5.36. The summed E-state index contributed by atoms with van der Waals surface area (Å²) in [5, 5.41) is 0. The van der Waals surface area contributed by atoms with Gasteiger partial charge >= 0.3 is 0 Å². The van der Waals surface area contributed by atoms with Crippen LogP contribution in [0.2, 0.25) is 0 Å². The molecule has 0 radical (unpaired) electrons. The molecule has 0 amide bonds. The highest BCUT2D eigenvalue weighted by atomic mass is 32.2. The van der Waals surface area contributed by atoms with E-state index in [9.17, 15) is 8.42 Å². The van der Waals surface area contributed by atoms with E-state index in [0.717, 1.165) is 12.0 Å². The van der Waals surface area contributed by atoms with Crippen molar-refractivity contribution in [2.45, 2.75) is 32.1 Å². The van der Waals surface area contributed by atoms with Crippen LogP contribution >= 0.6 is 0 Å². The molecule has 5 heteroatoms. The maximum absolute atomic E-state index is 12.5. The van der Waals surface area contributed by atoms with Crippen LogP contribution in [0.3, 0.4) is 0 Å². The van der Waals surface area contributed by atoms with Crippen LogP contribution in [0.4, 0.5) is 5.69 Å². The fourth-order valence-electron chi connectivity index (χ4n) is 2.23. The van der Waals surface area contributed by atoms with Crippen molar-refractivity contribution in [2.24, 2.45) is 5.41 Å². The molecule has 0 aliphatic carbocycles. The number of nitrogen functional groups attached to an aromatic ring is 1. The predicted octanol–water partition coefficient (Wildman–Crippen LogP) is 2.00. The lowest BCUT2D eigenvalue weighted by molar-refractivity contribution is 0.375. The van der Waals surface area contributed by atoms with Crippen LogP contribution in [0.1, 0.15) is 25.8 Å². The van der Waals surface area contributed by atoms with Gasteiger partial charge in [0.25, 0.3) is 0 Å². The Morgan fingerprint density at radius 3 is 2.50 bits per heavy atom. The molecule has 2 rings (SSSR count). The Morgan fingerprint density at radius 2 is 2.00 bits per heavy atom. The summed E-state index contributed by atoms with van der Waals surface area (Å²) < 4.78 is 26.5. The standard InChI is InChI=1S/C13H20N2O2S/c1-10-8-11(4-5-12(10)14)18(16,17)15-7-6-13(2,3)9-15/h4-5,8H,6-7,9,14H2,1-3H3. The van der Waals surface area contributed by atoms with Crippen molar-refractivity contribution < 1.29 is 8.42 Å². The molecule has 1 aromatic carbocycles. The molecule has 1 fully saturated rings. The first-order chi connectivity index (χ1) is 8.22. The van der Waals surface area contributed by atoms with Gasteiger partial charge in [0.15, 0.2) is 0 Å². The summed E-state index contributed by atoms with van der Waals surface area (Å²) in [5.41, 5.74) is 7.21. The van der Waals surface area contributed by atoms with Crippen LogP contribution in [0.5, 0.6) is 0 Å². The third kappa shape index (κ3) is 2.37. The Bertz CT molecular complexity index is 564. The van der Waals surface area contributed by atoms with Gasteiger partial charge in [0.1, 0.15) is 0 Å². The van der Waals surface area contributed by atoms with E-state index in [-0.39, 0.29) is 5.41 Å². The molecule has 0 atom stereocenters. The lowest BCUT2D eigenvalue weighted by atomic mass is 9.93. The van der Waals surface area contributed by atoms with Gasteiger partial charge in [0, 0.05) is 18.8 Å². The highest BCUT2D eigenvalue weighted by Crippen LogP contribution is 2.33. The second-order valence-electron chi connectivity index (χ2n) is 5.77. The highest BCUT2D eigenvalue weighted by molar-refractivity contribution is 7.89. The number of rotatable bonds is 2. The van der Waals surface area contributed by atoms with E-state index in [4.69, 9.17) is 5.73 Å². The van der Waals surface area contributed by atoms with E-state index in [1.807, 2.05) is 6.92 Å². The molecule has 0 spiro atoms. The fourth-order valence-corrected chi connectivity index (χ4v) is 3.94. The molecular weight excluding hydrogens is 248 g/mol. The molecule has 1 aliphatic rings. The van der Waals surface area contributed by atoms with Crippen LogP contribution in [0.25, 0.3) is 0 Å². The Morgan fingerprint density at radius 1 is 1.33 bits per heavy atom. The minimum atomic E-state index is -3.37. The SMILES string of the molecule is Cc1cc(S(=O)(=O)N2CCC(C)(C)C2)ccc1N. The summed E-state index contributed by atoms with van der Waals surface area (Å²) in [6.45, 7) is 7.19. The molecule has 1 saturated heterocycles. The summed E-state index contributed by atoms with van der Waals surface area (Å²) in [6, 6.07) is 4.89. The van der Waals surface area contributed by atoms with E-state index in [0.29, 0.717) is 23.7 Å². The van der Waals surface area contributed by atoms with Crippen molar-refractivity contribution in [3.63, 3.8) is 0 Å². The van der Waals surface area contributed by atoms with E-state index in [1.165, 1.54) is 0 Å². The average Bonchev–Trinajstić information content (AvgIpc) is 2.63. The monoisotopic (exact) mass is 268 g/mol. The molecule has 0 saturated carbocycles. The second-order valence-corrected chi connectivity index (χ2v) is 7.71. The van der Waals surface area contributed by atoms with Crippen molar-refractivity contribution in [3.8, 4) is 0 Å². The van der Waals surface area contributed by atoms with Crippen LogP contribution in [0, 0.1) is 12.3 Å².